The lowest BCUT2D eigenvalue weighted by atomic mass is 10.3. The summed E-state index contributed by atoms with van der Waals surface area (Å²) in [7, 11) is 1.71. The Morgan fingerprint density at radius 2 is 2.00 bits per heavy atom. The van der Waals surface area contributed by atoms with Gasteiger partial charge in [0.2, 0.25) is 0 Å². The van der Waals surface area contributed by atoms with E-state index in [-0.39, 0.29) is 0 Å². The molecule has 0 bridgehead atoms. The summed E-state index contributed by atoms with van der Waals surface area (Å²) in [6.45, 7) is 8.29. The van der Waals surface area contributed by atoms with Crippen molar-refractivity contribution in [2.75, 3.05) is 59.7 Å². The maximum absolute atomic E-state index is 5.43. The summed E-state index contributed by atoms with van der Waals surface area (Å²) in [5.74, 6) is 0. The van der Waals surface area contributed by atoms with E-state index in [4.69, 9.17) is 9.47 Å². The van der Waals surface area contributed by atoms with Gasteiger partial charge in [-0.05, 0) is 38.9 Å². The van der Waals surface area contributed by atoms with Gasteiger partial charge >= 0.3 is 0 Å². The van der Waals surface area contributed by atoms with Gasteiger partial charge in [-0.25, -0.2) is 0 Å². The maximum Gasteiger partial charge on any atom is 0.0700 e. The van der Waals surface area contributed by atoms with Gasteiger partial charge in [-0.15, -0.1) is 0 Å². The zero-order chi connectivity index (χ0) is 11.5. The predicted octanol–water partition coefficient (Wildman–Crippen LogP) is 0.725. The lowest BCUT2D eigenvalue weighted by Gasteiger charge is -2.18. The molecule has 16 heavy (non-hydrogen) atoms. The zero-order valence-corrected chi connectivity index (χ0v) is 10.5. The third kappa shape index (κ3) is 7.17. The molecule has 1 aliphatic heterocycles. The van der Waals surface area contributed by atoms with Crippen LogP contribution in [0.4, 0.5) is 0 Å². The molecule has 1 rings (SSSR count). The van der Waals surface area contributed by atoms with E-state index in [1.54, 1.807) is 7.11 Å². The molecule has 1 heterocycles. The van der Waals surface area contributed by atoms with Crippen LogP contribution in [-0.4, -0.2) is 64.6 Å². The topological polar surface area (TPSA) is 33.7 Å². The number of nitrogens with one attached hydrogen (secondary N) is 1. The normalized spacial score (nSPS) is 18.6. The van der Waals surface area contributed by atoms with Gasteiger partial charge in [0.1, 0.15) is 0 Å². The zero-order valence-electron chi connectivity index (χ0n) is 10.5. The minimum absolute atomic E-state index is 0.706. The van der Waals surface area contributed by atoms with Crippen molar-refractivity contribution in [2.24, 2.45) is 0 Å². The van der Waals surface area contributed by atoms with E-state index in [0.717, 1.165) is 26.2 Å². The summed E-state index contributed by atoms with van der Waals surface area (Å²) in [4.78, 5) is 2.55. The summed E-state index contributed by atoms with van der Waals surface area (Å²) in [6.07, 6.45) is 3.69. The average Bonchev–Trinajstić information content (AvgIpc) is 2.56. The molecule has 4 heteroatoms. The molecule has 0 aromatic heterocycles. The molecule has 1 fully saturated rings. The molecule has 4 nitrogen and oxygen atoms in total. The first kappa shape index (κ1) is 13.9. The molecular weight excluding hydrogens is 204 g/mol. The summed E-state index contributed by atoms with van der Waals surface area (Å²) >= 11 is 0. The van der Waals surface area contributed by atoms with Crippen molar-refractivity contribution in [3.63, 3.8) is 0 Å². The van der Waals surface area contributed by atoms with Gasteiger partial charge < -0.3 is 19.7 Å². The number of rotatable bonds is 8. The van der Waals surface area contributed by atoms with Crippen LogP contribution in [0, 0.1) is 0 Å². The van der Waals surface area contributed by atoms with Gasteiger partial charge in [-0.2, -0.15) is 0 Å². The molecule has 1 saturated heterocycles. The quantitative estimate of drug-likeness (QED) is 0.623. The van der Waals surface area contributed by atoms with E-state index < -0.39 is 0 Å². The second-order valence-electron chi connectivity index (χ2n) is 4.26. The Balaban J connectivity index is 1.86. The van der Waals surface area contributed by atoms with Crippen LogP contribution in [0.1, 0.15) is 19.3 Å². The lowest BCUT2D eigenvalue weighted by Crippen LogP contribution is -2.29. The summed E-state index contributed by atoms with van der Waals surface area (Å²) in [5, 5.41) is 3.42. The van der Waals surface area contributed by atoms with Crippen LogP contribution in [0.2, 0.25) is 0 Å². The average molecular weight is 230 g/mol. The molecule has 0 amide bonds. The SMILES string of the molecule is COCCOCCCCN1CCCNCC1. The van der Waals surface area contributed by atoms with Crippen LogP contribution in [-0.2, 0) is 9.47 Å². The first-order valence-electron chi connectivity index (χ1n) is 6.43. The Kier molecular flexibility index (Phi) is 8.71. The fourth-order valence-electron chi connectivity index (χ4n) is 1.91. The standard InChI is InChI=1S/C12H26N2O2/c1-15-11-12-16-10-3-2-7-14-8-4-5-13-6-9-14/h13H,2-12H2,1H3. The summed E-state index contributed by atoms with van der Waals surface area (Å²) < 4.78 is 10.3. The van der Waals surface area contributed by atoms with Crippen molar-refractivity contribution in [2.45, 2.75) is 19.3 Å². The fourth-order valence-corrected chi connectivity index (χ4v) is 1.91. The van der Waals surface area contributed by atoms with E-state index in [0.29, 0.717) is 6.61 Å². The Morgan fingerprint density at radius 1 is 1.06 bits per heavy atom. The second kappa shape index (κ2) is 10.0. The highest BCUT2D eigenvalue weighted by atomic mass is 16.5. The monoisotopic (exact) mass is 230 g/mol. The van der Waals surface area contributed by atoms with Gasteiger partial charge in [0.15, 0.2) is 0 Å². The van der Waals surface area contributed by atoms with Crippen molar-refractivity contribution >= 4 is 0 Å². The highest BCUT2D eigenvalue weighted by Crippen LogP contribution is 1.99. The lowest BCUT2D eigenvalue weighted by molar-refractivity contribution is 0.0677. The maximum atomic E-state index is 5.43. The molecule has 0 radical (unpaired) electrons. The van der Waals surface area contributed by atoms with Crippen molar-refractivity contribution in [1.29, 1.82) is 0 Å². The molecule has 0 aromatic carbocycles. The molecule has 0 unspecified atom stereocenters. The third-order valence-corrected chi connectivity index (χ3v) is 2.88. The Hall–Kier alpha value is -0.160. The van der Waals surface area contributed by atoms with Crippen molar-refractivity contribution in [3.8, 4) is 0 Å². The molecular formula is C12H26N2O2. The molecule has 0 saturated carbocycles. The molecule has 0 spiro atoms. The van der Waals surface area contributed by atoms with Crippen molar-refractivity contribution in [3.05, 3.63) is 0 Å². The Bertz CT molecular complexity index is 148. The number of hydrogen-bond donors (Lipinski definition) is 1. The van der Waals surface area contributed by atoms with Crippen LogP contribution in [0.25, 0.3) is 0 Å². The molecule has 1 aliphatic rings. The minimum atomic E-state index is 0.706. The third-order valence-electron chi connectivity index (χ3n) is 2.88. The first-order valence-corrected chi connectivity index (χ1v) is 6.43. The van der Waals surface area contributed by atoms with E-state index >= 15 is 0 Å². The van der Waals surface area contributed by atoms with Crippen LogP contribution < -0.4 is 5.32 Å². The predicted molar refractivity (Wildman–Crippen MR) is 65.9 cm³/mol. The first-order chi connectivity index (χ1) is 7.93. The summed E-state index contributed by atoms with van der Waals surface area (Å²) in [5.41, 5.74) is 0. The highest BCUT2D eigenvalue weighted by molar-refractivity contribution is 4.65. The van der Waals surface area contributed by atoms with Crippen molar-refractivity contribution in [1.82, 2.24) is 10.2 Å². The largest absolute Gasteiger partial charge is 0.382 e. The number of unbranched alkanes of at least 4 members (excludes halogenated alkanes) is 1. The number of hydrogen-bond acceptors (Lipinski definition) is 4. The highest BCUT2D eigenvalue weighted by Gasteiger charge is 2.07. The molecule has 0 aliphatic carbocycles. The van der Waals surface area contributed by atoms with Crippen LogP contribution in [0.3, 0.4) is 0 Å². The molecule has 1 N–H and O–H groups in total. The van der Waals surface area contributed by atoms with Gasteiger partial charge in [-0.3, -0.25) is 0 Å². The minimum Gasteiger partial charge on any atom is -0.382 e. The number of nitrogens with zero attached hydrogens (tertiary/aromatic N) is 1. The van der Waals surface area contributed by atoms with Gasteiger partial charge in [-0.1, -0.05) is 0 Å². The van der Waals surface area contributed by atoms with E-state index in [2.05, 4.69) is 10.2 Å². The fraction of sp³-hybridized carbons (Fsp3) is 1.00. The second-order valence-corrected chi connectivity index (χ2v) is 4.26. The van der Waals surface area contributed by atoms with Crippen LogP contribution >= 0.6 is 0 Å². The Morgan fingerprint density at radius 3 is 2.88 bits per heavy atom. The van der Waals surface area contributed by atoms with Gasteiger partial charge in [0, 0.05) is 26.8 Å². The van der Waals surface area contributed by atoms with E-state index in [9.17, 15) is 0 Å². The molecule has 0 atom stereocenters. The van der Waals surface area contributed by atoms with Gasteiger partial charge in [0.05, 0.1) is 13.2 Å². The number of methoxy groups -OCH3 is 1. The molecule has 0 aromatic rings. The smallest absolute Gasteiger partial charge is 0.0700 e. The van der Waals surface area contributed by atoms with Crippen molar-refractivity contribution < 1.29 is 9.47 Å². The van der Waals surface area contributed by atoms with Crippen LogP contribution in [0.15, 0.2) is 0 Å². The summed E-state index contributed by atoms with van der Waals surface area (Å²) in [6, 6.07) is 0. The van der Waals surface area contributed by atoms with E-state index in [1.165, 1.54) is 39.0 Å². The number of ether oxygens (including phenoxy) is 2. The van der Waals surface area contributed by atoms with Gasteiger partial charge in [0.25, 0.3) is 0 Å². The van der Waals surface area contributed by atoms with E-state index in [1.807, 2.05) is 0 Å². The molecule has 96 valence electrons. The van der Waals surface area contributed by atoms with Crippen LogP contribution in [0.5, 0.6) is 0 Å². The Labute approximate surface area is 99.3 Å².